The number of halogens is 5. The first-order chi connectivity index (χ1) is 19.2. The molecule has 3 atom stereocenters. The van der Waals surface area contributed by atoms with Gasteiger partial charge in [0.25, 0.3) is 17.7 Å². The third kappa shape index (κ3) is 7.37. The van der Waals surface area contributed by atoms with Crippen LogP contribution in [0, 0.1) is 11.7 Å². The molecule has 2 heterocycles. The van der Waals surface area contributed by atoms with Crippen LogP contribution in [0.4, 0.5) is 23.2 Å². The summed E-state index contributed by atoms with van der Waals surface area (Å²) in [5.74, 6) is -6.25. The van der Waals surface area contributed by atoms with E-state index in [1.807, 2.05) is 0 Å². The molecule has 218 valence electrons. The van der Waals surface area contributed by atoms with Crippen LogP contribution in [-0.2, 0) is 20.6 Å². The number of aromatic nitrogens is 1. The van der Waals surface area contributed by atoms with Gasteiger partial charge >= 0.3 is 6.18 Å². The number of ketones is 1. The third-order valence-corrected chi connectivity index (χ3v) is 6.83. The van der Waals surface area contributed by atoms with Gasteiger partial charge in [0.05, 0.1) is 22.3 Å². The maximum atomic E-state index is 14.3. The second kappa shape index (κ2) is 11.8. The molecule has 15 heteroatoms. The molecule has 2 fully saturated rings. The zero-order valence-electron chi connectivity index (χ0n) is 21.4. The molecule has 4 amide bonds. The van der Waals surface area contributed by atoms with E-state index in [0.29, 0.717) is 31.4 Å². The molecule has 2 aliphatic rings. The van der Waals surface area contributed by atoms with Crippen molar-refractivity contribution >= 4 is 46.7 Å². The van der Waals surface area contributed by atoms with Crippen LogP contribution in [0.15, 0.2) is 30.5 Å². The lowest BCUT2D eigenvalue weighted by Crippen LogP contribution is -2.49. The molecule has 1 saturated carbocycles. The minimum atomic E-state index is -4.84. The molecule has 0 radical (unpaired) electrons. The standard InChI is InChI=1S/C26H24ClF4N5O5/c1-11-6-13(23(39)33-11)7-19(21(37)25(41)34-14-2-3-14)36-24(40)15-9-16(27)17(28)10-18(15)35-22(38)12-4-5-32-20(8-12)26(29,30)31/h4-5,8-11,13-14,19H,2-3,6-7H2,1H3,(H,33,39)(H,34,41)(H,35,38)(H,36,40)/t11-,13+,19?/m1/s1. The van der Waals surface area contributed by atoms with Crippen LogP contribution in [0.5, 0.6) is 0 Å². The molecule has 1 aromatic carbocycles. The molecule has 1 saturated heterocycles. The zero-order chi connectivity index (χ0) is 30.1. The lowest BCUT2D eigenvalue weighted by atomic mass is 9.93. The largest absolute Gasteiger partial charge is 0.433 e. The first-order valence-corrected chi connectivity index (χ1v) is 12.9. The van der Waals surface area contributed by atoms with Gasteiger partial charge in [0.2, 0.25) is 11.7 Å². The van der Waals surface area contributed by atoms with Gasteiger partial charge in [-0.25, -0.2) is 4.39 Å². The zero-order valence-corrected chi connectivity index (χ0v) is 22.2. The minimum Gasteiger partial charge on any atom is -0.353 e. The minimum absolute atomic E-state index is 0.165. The van der Waals surface area contributed by atoms with Crippen molar-refractivity contribution in [2.45, 2.75) is 56.9 Å². The van der Waals surface area contributed by atoms with Crippen LogP contribution in [-0.4, -0.2) is 52.5 Å². The van der Waals surface area contributed by atoms with E-state index in [4.69, 9.17) is 11.6 Å². The number of hydrogen-bond acceptors (Lipinski definition) is 6. The molecular formula is C26H24ClF4N5O5. The highest BCUT2D eigenvalue weighted by atomic mass is 35.5. The van der Waals surface area contributed by atoms with E-state index >= 15 is 0 Å². The summed E-state index contributed by atoms with van der Waals surface area (Å²) in [6.07, 6.45) is -2.56. The van der Waals surface area contributed by atoms with Crippen molar-refractivity contribution in [3.8, 4) is 0 Å². The smallest absolute Gasteiger partial charge is 0.353 e. The topological polar surface area (TPSA) is 146 Å². The Morgan fingerprint density at radius 2 is 1.85 bits per heavy atom. The summed E-state index contributed by atoms with van der Waals surface area (Å²) in [5, 5.41) is 9.25. The van der Waals surface area contributed by atoms with Gasteiger partial charge in [-0.2, -0.15) is 13.2 Å². The molecule has 1 aliphatic carbocycles. The number of carbonyl (C=O) groups excluding carboxylic acids is 5. The van der Waals surface area contributed by atoms with E-state index in [1.54, 1.807) is 6.92 Å². The average Bonchev–Trinajstić information content (AvgIpc) is 3.66. The summed E-state index contributed by atoms with van der Waals surface area (Å²) >= 11 is 5.86. The summed E-state index contributed by atoms with van der Waals surface area (Å²) in [5.41, 5.74) is -2.75. The molecule has 0 spiro atoms. The Balaban J connectivity index is 1.60. The highest BCUT2D eigenvalue weighted by Gasteiger charge is 2.38. The van der Waals surface area contributed by atoms with Gasteiger partial charge in [-0.3, -0.25) is 29.0 Å². The maximum absolute atomic E-state index is 14.3. The second-order valence-corrected chi connectivity index (χ2v) is 10.3. The summed E-state index contributed by atoms with van der Waals surface area (Å²) in [4.78, 5) is 67.1. The summed E-state index contributed by atoms with van der Waals surface area (Å²) < 4.78 is 53.5. The lowest BCUT2D eigenvalue weighted by Gasteiger charge is -2.21. The Morgan fingerprint density at radius 3 is 2.46 bits per heavy atom. The monoisotopic (exact) mass is 597 g/mol. The second-order valence-electron chi connectivity index (χ2n) is 9.91. The van der Waals surface area contributed by atoms with E-state index in [-0.39, 0.29) is 24.4 Å². The number of pyridine rings is 1. The normalized spacial score (nSPS) is 19.2. The van der Waals surface area contributed by atoms with Crippen molar-refractivity contribution in [3.63, 3.8) is 0 Å². The molecule has 1 aromatic heterocycles. The number of nitrogens with zero attached hydrogens (tertiary/aromatic N) is 1. The number of anilines is 1. The Labute approximate surface area is 235 Å². The Kier molecular flexibility index (Phi) is 8.61. The van der Waals surface area contributed by atoms with Gasteiger partial charge in [0, 0.05) is 29.8 Å². The molecule has 4 rings (SSSR count). The van der Waals surface area contributed by atoms with E-state index in [1.165, 1.54) is 0 Å². The SMILES string of the molecule is C[C@@H]1C[C@@H](CC(NC(=O)c2cc(Cl)c(F)cc2NC(=O)c2ccnc(C(F)(F)F)c2)C(=O)C(=O)NC2CC2)C(=O)N1. The molecule has 41 heavy (non-hydrogen) atoms. The average molecular weight is 598 g/mol. The van der Waals surface area contributed by atoms with Gasteiger partial charge in [-0.15, -0.1) is 0 Å². The van der Waals surface area contributed by atoms with E-state index < -0.39 is 75.0 Å². The van der Waals surface area contributed by atoms with Crippen LogP contribution in [0.25, 0.3) is 0 Å². The fraction of sp³-hybridized carbons (Fsp3) is 0.385. The van der Waals surface area contributed by atoms with Gasteiger partial charge in [0.1, 0.15) is 11.5 Å². The Bertz CT molecular complexity index is 1420. The van der Waals surface area contributed by atoms with Crippen LogP contribution in [0.2, 0.25) is 5.02 Å². The summed E-state index contributed by atoms with van der Waals surface area (Å²) in [6.45, 7) is 1.75. The number of nitrogens with one attached hydrogen (secondary N) is 4. The van der Waals surface area contributed by atoms with Crippen molar-refractivity contribution in [3.05, 3.63) is 58.1 Å². The van der Waals surface area contributed by atoms with Crippen LogP contribution in [0.3, 0.4) is 0 Å². The predicted octanol–water partition coefficient (Wildman–Crippen LogP) is 3.01. The highest BCUT2D eigenvalue weighted by Crippen LogP contribution is 2.29. The summed E-state index contributed by atoms with van der Waals surface area (Å²) in [7, 11) is 0. The van der Waals surface area contributed by atoms with Gasteiger partial charge in [-0.05, 0) is 56.9 Å². The van der Waals surface area contributed by atoms with E-state index in [0.717, 1.165) is 18.3 Å². The molecule has 1 unspecified atom stereocenters. The number of carbonyl (C=O) groups is 5. The molecule has 2 aromatic rings. The van der Waals surface area contributed by atoms with Crippen molar-refractivity contribution in [1.29, 1.82) is 0 Å². The van der Waals surface area contributed by atoms with Gasteiger partial charge in [-0.1, -0.05) is 11.6 Å². The fourth-order valence-electron chi connectivity index (χ4n) is 4.31. The van der Waals surface area contributed by atoms with Crippen LogP contribution < -0.4 is 21.3 Å². The van der Waals surface area contributed by atoms with E-state index in [9.17, 15) is 41.5 Å². The van der Waals surface area contributed by atoms with Crippen molar-refractivity contribution < 1.29 is 41.5 Å². The number of benzene rings is 1. The molecule has 1 aliphatic heterocycles. The molecule has 0 bridgehead atoms. The maximum Gasteiger partial charge on any atom is 0.433 e. The first-order valence-electron chi connectivity index (χ1n) is 12.5. The number of hydrogen-bond donors (Lipinski definition) is 4. The predicted molar refractivity (Wildman–Crippen MR) is 136 cm³/mol. The van der Waals surface area contributed by atoms with Crippen molar-refractivity contribution in [2.24, 2.45) is 5.92 Å². The van der Waals surface area contributed by atoms with Crippen molar-refractivity contribution in [1.82, 2.24) is 20.9 Å². The fourth-order valence-corrected chi connectivity index (χ4v) is 4.47. The van der Waals surface area contributed by atoms with Crippen molar-refractivity contribution in [2.75, 3.05) is 5.32 Å². The molecule has 10 nitrogen and oxygen atoms in total. The molecular weight excluding hydrogens is 574 g/mol. The quantitative estimate of drug-likeness (QED) is 0.258. The first kappa shape index (κ1) is 29.9. The third-order valence-electron chi connectivity index (χ3n) is 6.54. The number of Topliss-reactive ketones (excluding diaryl/α,β-unsaturated/α-hetero) is 1. The Hall–Kier alpha value is -4.07. The lowest BCUT2D eigenvalue weighted by molar-refractivity contribution is -0.141. The van der Waals surface area contributed by atoms with E-state index in [2.05, 4.69) is 26.3 Å². The van der Waals surface area contributed by atoms with Gasteiger partial charge < -0.3 is 21.3 Å². The van der Waals surface area contributed by atoms with Gasteiger partial charge in [0.15, 0.2) is 0 Å². The number of alkyl halides is 3. The highest BCUT2D eigenvalue weighted by molar-refractivity contribution is 6.38. The van der Waals surface area contributed by atoms with Crippen LogP contribution in [0.1, 0.15) is 59.0 Å². The van der Waals surface area contributed by atoms with Crippen LogP contribution >= 0.6 is 11.6 Å². The number of amides is 4. The number of rotatable bonds is 9. The summed E-state index contributed by atoms with van der Waals surface area (Å²) in [6, 6.07) is 1.17. The molecule has 4 N–H and O–H groups in total. The Morgan fingerprint density at radius 1 is 1.15 bits per heavy atom.